The van der Waals surface area contributed by atoms with Gasteiger partial charge in [0.1, 0.15) is 0 Å². The Balaban J connectivity index is 0. The van der Waals surface area contributed by atoms with Crippen LogP contribution in [-0.2, 0) is 4.74 Å². The van der Waals surface area contributed by atoms with Crippen LogP contribution < -0.4 is 5.73 Å². The van der Waals surface area contributed by atoms with Gasteiger partial charge in [0.05, 0.1) is 13.2 Å². The van der Waals surface area contributed by atoms with Gasteiger partial charge in [-0.2, -0.15) is 0 Å². The highest BCUT2D eigenvalue weighted by atomic mass is 16.6. The number of hydrogen-bond acceptors (Lipinski definition) is 4. The number of likely N-dealkylation sites (tertiary alicyclic amines) is 1. The lowest BCUT2D eigenvalue weighted by Crippen LogP contribution is -2.40. The molecule has 0 aliphatic carbocycles. The van der Waals surface area contributed by atoms with Gasteiger partial charge >= 0.3 is 6.09 Å². The minimum absolute atomic E-state index is 0.00985. The first-order valence-electron chi connectivity index (χ1n) is 6.81. The number of ether oxygens (including phenoxy) is 1. The molecule has 2 unspecified atom stereocenters. The van der Waals surface area contributed by atoms with E-state index < -0.39 is 5.41 Å². The molecule has 5 nitrogen and oxygen atoms in total. The molecule has 110 valence electrons. The lowest BCUT2D eigenvalue weighted by atomic mass is 9.87. The van der Waals surface area contributed by atoms with Crippen molar-refractivity contribution in [2.75, 3.05) is 26.3 Å². The van der Waals surface area contributed by atoms with Gasteiger partial charge in [0, 0.05) is 24.5 Å². The van der Waals surface area contributed by atoms with Crippen LogP contribution in [0.3, 0.4) is 0 Å². The van der Waals surface area contributed by atoms with Gasteiger partial charge in [-0.15, -0.1) is 0 Å². The molecule has 1 aliphatic rings. The molecule has 0 aromatic rings. The lowest BCUT2D eigenvalue weighted by molar-refractivity contribution is 0.102. The van der Waals surface area contributed by atoms with Crippen LogP contribution >= 0.6 is 0 Å². The fraction of sp³-hybridized carbons (Fsp3) is 0.923. The predicted molar refractivity (Wildman–Crippen MR) is 74.5 cm³/mol. The number of carbonyl (C=O) groups excluding carboxylic acids is 1. The maximum Gasteiger partial charge on any atom is 0.409 e. The van der Waals surface area contributed by atoms with E-state index in [1.54, 1.807) is 11.8 Å². The van der Waals surface area contributed by atoms with Crippen LogP contribution in [0.5, 0.6) is 0 Å². The Hall–Kier alpha value is -0.810. The number of amides is 1. The number of aliphatic hydroxyl groups excluding tert-OH is 1. The van der Waals surface area contributed by atoms with Gasteiger partial charge < -0.3 is 20.5 Å². The molecule has 3 N–H and O–H groups in total. The summed E-state index contributed by atoms with van der Waals surface area (Å²) in [6.45, 7) is 12.9. The van der Waals surface area contributed by atoms with Crippen molar-refractivity contribution >= 4 is 6.09 Å². The number of nitrogens with two attached hydrogens (primary N) is 1. The Bertz CT molecular complexity index is 224. The minimum Gasteiger partial charge on any atom is -0.450 e. The molecule has 1 amide bonds. The molecule has 1 fully saturated rings. The first-order chi connectivity index (χ1) is 8.53. The summed E-state index contributed by atoms with van der Waals surface area (Å²) < 4.78 is 4.86. The quantitative estimate of drug-likeness (QED) is 0.796. The van der Waals surface area contributed by atoms with Crippen LogP contribution in [-0.4, -0.2) is 48.4 Å². The normalized spacial score (nSPS) is 25.6. The average molecular weight is 262 g/mol. The number of rotatable bonds is 2. The van der Waals surface area contributed by atoms with Crippen LogP contribution in [0.1, 0.15) is 41.5 Å². The van der Waals surface area contributed by atoms with Crippen molar-refractivity contribution in [2.45, 2.75) is 47.6 Å². The second kappa shape index (κ2) is 10.1. The highest BCUT2D eigenvalue weighted by Crippen LogP contribution is 2.28. The summed E-state index contributed by atoms with van der Waals surface area (Å²) in [5.41, 5.74) is 5.44. The average Bonchev–Trinajstić information content (AvgIpc) is 2.72. The first-order valence-corrected chi connectivity index (χ1v) is 6.81. The van der Waals surface area contributed by atoms with E-state index >= 15 is 0 Å². The van der Waals surface area contributed by atoms with Gasteiger partial charge in [0.25, 0.3) is 0 Å². The van der Waals surface area contributed by atoms with E-state index in [9.17, 15) is 4.79 Å². The van der Waals surface area contributed by atoms with Crippen LogP contribution in [0.15, 0.2) is 0 Å². The van der Waals surface area contributed by atoms with Crippen molar-refractivity contribution in [1.29, 1.82) is 0 Å². The molecule has 18 heavy (non-hydrogen) atoms. The van der Waals surface area contributed by atoms with E-state index in [-0.39, 0.29) is 18.7 Å². The summed E-state index contributed by atoms with van der Waals surface area (Å²) in [6.07, 6.45) is -0.347. The van der Waals surface area contributed by atoms with Gasteiger partial charge in [-0.3, -0.25) is 0 Å². The first kappa shape index (κ1) is 19.5. The van der Waals surface area contributed by atoms with Crippen molar-refractivity contribution in [3.8, 4) is 0 Å². The third kappa shape index (κ3) is 5.23. The SMILES string of the molecule is CC.CC.CCOC(=O)N1CC(N)C(C)(CO)C1. The predicted octanol–water partition coefficient (Wildman–Crippen LogP) is 1.84. The van der Waals surface area contributed by atoms with E-state index in [1.807, 2.05) is 34.6 Å². The second-order valence-corrected chi connectivity index (χ2v) is 4.00. The third-order valence-electron chi connectivity index (χ3n) is 2.75. The molecule has 0 aromatic heterocycles. The van der Waals surface area contributed by atoms with Gasteiger partial charge in [-0.1, -0.05) is 34.6 Å². The van der Waals surface area contributed by atoms with E-state index in [1.165, 1.54) is 0 Å². The van der Waals surface area contributed by atoms with E-state index in [0.717, 1.165) is 0 Å². The summed E-state index contributed by atoms with van der Waals surface area (Å²) >= 11 is 0. The molecule has 1 saturated heterocycles. The smallest absolute Gasteiger partial charge is 0.409 e. The van der Waals surface area contributed by atoms with Gasteiger partial charge in [0.15, 0.2) is 0 Å². The van der Waals surface area contributed by atoms with Crippen molar-refractivity contribution in [1.82, 2.24) is 4.90 Å². The lowest BCUT2D eigenvalue weighted by Gasteiger charge is -2.24. The molecule has 1 heterocycles. The zero-order chi connectivity index (χ0) is 14.8. The highest BCUT2D eigenvalue weighted by Gasteiger charge is 2.42. The number of carbonyl (C=O) groups is 1. The van der Waals surface area contributed by atoms with Crippen LogP contribution in [0, 0.1) is 5.41 Å². The summed E-state index contributed by atoms with van der Waals surface area (Å²) in [4.78, 5) is 12.9. The van der Waals surface area contributed by atoms with Crippen LogP contribution in [0.2, 0.25) is 0 Å². The number of nitrogens with zero attached hydrogens (tertiary/aromatic N) is 1. The van der Waals surface area contributed by atoms with Crippen molar-refractivity contribution in [3.05, 3.63) is 0 Å². The zero-order valence-corrected chi connectivity index (χ0v) is 12.7. The van der Waals surface area contributed by atoms with Crippen molar-refractivity contribution in [3.63, 3.8) is 0 Å². The largest absolute Gasteiger partial charge is 0.450 e. The molecular formula is C13H30N2O3. The Morgan fingerprint density at radius 3 is 2.28 bits per heavy atom. The summed E-state index contributed by atoms with van der Waals surface area (Å²) in [7, 11) is 0. The Morgan fingerprint density at radius 2 is 1.94 bits per heavy atom. The standard InChI is InChI=1S/C9H18N2O3.2C2H6/c1-3-14-8(13)11-4-7(10)9(2,5-11)6-12;2*1-2/h7,12H,3-6,10H2,1-2H3;2*1-2H3. The van der Waals surface area contributed by atoms with Crippen molar-refractivity contribution < 1.29 is 14.6 Å². The van der Waals surface area contributed by atoms with Gasteiger partial charge in [0.2, 0.25) is 0 Å². The number of hydrogen-bond donors (Lipinski definition) is 2. The second-order valence-electron chi connectivity index (χ2n) is 4.00. The minimum atomic E-state index is -0.396. The molecule has 2 atom stereocenters. The zero-order valence-electron chi connectivity index (χ0n) is 12.7. The molecule has 0 aromatic carbocycles. The maximum absolute atomic E-state index is 11.4. The molecule has 1 rings (SSSR count). The molecular weight excluding hydrogens is 232 g/mol. The molecule has 5 heteroatoms. The third-order valence-corrected chi connectivity index (χ3v) is 2.75. The summed E-state index contributed by atoms with van der Waals surface area (Å²) in [5.74, 6) is 0. The Labute approximate surface area is 111 Å². The fourth-order valence-corrected chi connectivity index (χ4v) is 1.60. The summed E-state index contributed by atoms with van der Waals surface area (Å²) in [6, 6.07) is -0.183. The monoisotopic (exact) mass is 262 g/mol. The van der Waals surface area contributed by atoms with Crippen LogP contribution in [0.4, 0.5) is 4.79 Å². The van der Waals surface area contributed by atoms with Crippen LogP contribution in [0.25, 0.3) is 0 Å². The van der Waals surface area contributed by atoms with Gasteiger partial charge in [-0.05, 0) is 6.92 Å². The summed E-state index contributed by atoms with van der Waals surface area (Å²) in [5, 5.41) is 9.17. The Kier molecular flexibility index (Phi) is 11.0. The Morgan fingerprint density at radius 1 is 1.44 bits per heavy atom. The maximum atomic E-state index is 11.4. The molecule has 0 saturated carbocycles. The molecule has 0 bridgehead atoms. The van der Waals surface area contributed by atoms with Crippen molar-refractivity contribution in [2.24, 2.45) is 11.1 Å². The topological polar surface area (TPSA) is 75.8 Å². The number of aliphatic hydroxyl groups is 1. The highest BCUT2D eigenvalue weighted by molar-refractivity contribution is 5.68. The van der Waals surface area contributed by atoms with E-state index in [2.05, 4.69) is 0 Å². The fourth-order valence-electron chi connectivity index (χ4n) is 1.60. The van der Waals surface area contributed by atoms with E-state index in [4.69, 9.17) is 15.6 Å². The van der Waals surface area contributed by atoms with E-state index in [0.29, 0.717) is 19.7 Å². The molecule has 1 aliphatic heterocycles. The van der Waals surface area contributed by atoms with Gasteiger partial charge in [-0.25, -0.2) is 4.79 Å². The molecule has 0 radical (unpaired) electrons. The molecule has 0 spiro atoms.